The van der Waals surface area contributed by atoms with Crippen LogP contribution in [0.3, 0.4) is 0 Å². The van der Waals surface area contributed by atoms with Gasteiger partial charge in [-0.2, -0.15) is 0 Å². The molecule has 1 aliphatic heterocycles. The Morgan fingerprint density at radius 2 is 1.87 bits per heavy atom. The van der Waals surface area contributed by atoms with Crippen LogP contribution in [0, 0.1) is 12.8 Å². The van der Waals surface area contributed by atoms with Gasteiger partial charge in [-0.25, -0.2) is 4.99 Å². The summed E-state index contributed by atoms with van der Waals surface area (Å²) in [6.45, 7) is 6.82. The number of hydrogen-bond donors (Lipinski definition) is 1. The molecule has 1 N–H and O–H groups in total. The molecule has 6 heteroatoms. The van der Waals surface area contributed by atoms with Crippen LogP contribution < -0.4 is 10.1 Å². The number of amidine groups is 1. The first-order chi connectivity index (χ1) is 14.9. The number of carbonyl (C=O) groups is 1. The molecule has 31 heavy (non-hydrogen) atoms. The molecule has 1 heterocycles. The monoisotopic (exact) mass is 450 g/mol. The normalized spacial score (nSPS) is 16.5. The van der Waals surface area contributed by atoms with Gasteiger partial charge in [0, 0.05) is 10.4 Å². The maximum Gasteiger partial charge on any atom is 0.264 e. The molecular formula is C25H23ClN2O2S. The molecule has 0 bridgehead atoms. The first kappa shape index (κ1) is 21.5. The number of halogens is 1. The third kappa shape index (κ3) is 4.78. The number of benzene rings is 3. The molecule has 0 aromatic heterocycles. The Morgan fingerprint density at radius 3 is 2.65 bits per heavy atom. The van der Waals surface area contributed by atoms with E-state index < -0.39 is 0 Å². The van der Waals surface area contributed by atoms with Crippen molar-refractivity contribution in [2.75, 3.05) is 6.61 Å². The van der Waals surface area contributed by atoms with E-state index in [0.717, 1.165) is 33.3 Å². The highest BCUT2D eigenvalue weighted by molar-refractivity contribution is 8.18. The highest BCUT2D eigenvalue weighted by Crippen LogP contribution is 2.34. The zero-order valence-electron chi connectivity index (χ0n) is 17.6. The largest absolute Gasteiger partial charge is 0.493 e. The summed E-state index contributed by atoms with van der Waals surface area (Å²) in [6.07, 6.45) is 1.90. The molecule has 1 amide bonds. The fraction of sp³-hybridized carbons (Fsp3) is 0.200. The molecule has 1 fully saturated rings. The van der Waals surface area contributed by atoms with E-state index in [0.29, 0.717) is 27.6 Å². The standard InChI is InChI=1S/C25H23ClN2O2S/c1-15(2)14-30-22-12-11-17(18-7-4-5-8-19(18)22)13-23-24(29)28-25(31-23)27-21-10-6-9-20(26)16(21)3/h4-13,15H,14H2,1-3H3,(H,27,28,29)/b23-13-. The van der Waals surface area contributed by atoms with E-state index >= 15 is 0 Å². The van der Waals surface area contributed by atoms with Crippen molar-refractivity contribution < 1.29 is 9.53 Å². The molecule has 4 nitrogen and oxygen atoms in total. The molecule has 1 saturated heterocycles. The average Bonchev–Trinajstić information content (AvgIpc) is 3.09. The van der Waals surface area contributed by atoms with Gasteiger partial charge in [0.1, 0.15) is 5.75 Å². The van der Waals surface area contributed by atoms with Crippen LogP contribution in [0.4, 0.5) is 5.69 Å². The first-order valence-electron chi connectivity index (χ1n) is 10.1. The Bertz CT molecular complexity index is 1220. The molecule has 3 aromatic rings. The summed E-state index contributed by atoms with van der Waals surface area (Å²) in [6, 6.07) is 17.6. The molecule has 158 valence electrons. The van der Waals surface area contributed by atoms with Gasteiger partial charge < -0.3 is 10.1 Å². The second kappa shape index (κ2) is 9.16. The van der Waals surface area contributed by atoms with Gasteiger partial charge >= 0.3 is 0 Å². The molecule has 3 aromatic carbocycles. The topological polar surface area (TPSA) is 50.7 Å². The minimum Gasteiger partial charge on any atom is -0.493 e. The Labute approximate surface area is 191 Å². The Kier molecular flexibility index (Phi) is 6.35. The number of amides is 1. The van der Waals surface area contributed by atoms with Crippen LogP contribution in [0.25, 0.3) is 16.8 Å². The lowest BCUT2D eigenvalue weighted by molar-refractivity contribution is -0.115. The van der Waals surface area contributed by atoms with Crippen LogP contribution in [-0.2, 0) is 4.79 Å². The molecule has 0 saturated carbocycles. The van der Waals surface area contributed by atoms with Crippen molar-refractivity contribution in [1.82, 2.24) is 5.32 Å². The molecule has 0 spiro atoms. The molecule has 4 rings (SSSR count). The Hall–Kier alpha value is -2.76. The average molecular weight is 451 g/mol. The number of fused-ring (bicyclic) bond motifs is 1. The van der Waals surface area contributed by atoms with E-state index in [-0.39, 0.29) is 5.91 Å². The van der Waals surface area contributed by atoms with Crippen LogP contribution in [0.15, 0.2) is 64.5 Å². The maximum absolute atomic E-state index is 12.6. The van der Waals surface area contributed by atoms with Gasteiger partial charge in [-0.1, -0.05) is 61.8 Å². The van der Waals surface area contributed by atoms with Gasteiger partial charge in [-0.3, -0.25) is 4.79 Å². The molecule has 0 unspecified atom stereocenters. The number of thioether (sulfide) groups is 1. The van der Waals surface area contributed by atoms with Crippen LogP contribution >= 0.6 is 23.4 Å². The van der Waals surface area contributed by atoms with E-state index in [2.05, 4.69) is 24.2 Å². The van der Waals surface area contributed by atoms with E-state index in [4.69, 9.17) is 16.3 Å². The molecule has 1 aliphatic rings. The third-order valence-corrected chi connectivity index (χ3v) is 6.21. The minimum atomic E-state index is -0.160. The van der Waals surface area contributed by atoms with Crippen molar-refractivity contribution in [3.05, 3.63) is 75.7 Å². The summed E-state index contributed by atoms with van der Waals surface area (Å²) >= 11 is 7.51. The van der Waals surface area contributed by atoms with Crippen LogP contribution in [0.5, 0.6) is 5.75 Å². The summed E-state index contributed by atoms with van der Waals surface area (Å²) in [5.41, 5.74) is 2.59. The number of aliphatic imine (C=N–C) groups is 1. The van der Waals surface area contributed by atoms with Crippen molar-refractivity contribution in [3.8, 4) is 5.75 Å². The van der Waals surface area contributed by atoms with Crippen LogP contribution in [0.2, 0.25) is 5.02 Å². The van der Waals surface area contributed by atoms with E-state index in [1.54, 1.807) is 0 Å². The highest BCUT2D eigenvalue weighted by atomic mass is 35.5. The molecule has 0 radical (unpaired) electrons. The van der Waals surface area contributed by atoms with Crippen molar-refractivity contribution in [2.45, 2.75) is 20.8 Å². The van der Waals surface area contributed by atoms with Crippen molar-refractivity contribution in [3.63, 3.8) is 0 Å². The SMILES string of the molecule is Cc1c(Cl)cccc1N=C1NC(=O)/C(=C/c2ccc(OCC(C)C)c3ccccc23)S1. The lowest BCUT2D eigenvalue weighted by Gasteiger charge is -2.13. The predicted octanol–water partition coefficient (Wildman–Crippen LogP) is 6.73. The summed E-state index contributed by atoms with van der Waals surface area (Å²) in [5, 5.41) is 6.12. The number of carbonyl (C=O) groups excluding carboxylic acids is 1. The fourth-order valence-corrected chi connectivity index (χ4v) is 4.25. The smallest absolute Gasteiger partial charge is 0.264 e. The highest BCUT2D eigenvalue weighted by Gasteiger charge is 2.24. The van der Waals surface area contributed by atoms with E-state index in [9.17, 15) is 4.79 Å². The number of nitrogens with zero attached hydrogens (tertiary/aromatic N) is 1. The predicted molar refractivity (Wildman–Crippen MR) is 131 cm³/mol. The van der Waals surface area contributed by atoms with Crippen molar-refractivity contribution in [1.29, 1.82) is 0 Å². The molecule has 0 atom stereocenters. The lowest BCUT2D eigenvalue weighted by atomic mass is 10.0. The number of hydrogen-bond acceptors (Lipinski definition) is 4. The minimum absolute atomic E-state index is 0.160. The first-order valence-corrected chi connectivity index (χ1v) is 11.3. The van der Waals surface area contributed by atoms with Gasteiger partial charge in [-0.15, -0.1) is 0 Å². The third-order valence-electron chi connectivity index (χ3n) is 4.89. The maximum atomic E-state index is 12.6. The van der Waals surface area contributed by atoms with E-state index in [1.165, 1.54) is 11.8 Å². The number of rotatable bonds is 5. The summed E-state index contributed by atoms with van der Waals surface area (Å²) in [7, 11) is 0. The molecule has 0 aliphatic carbocycles. The lowest BCUT2D eigenvalue weighted by Crippen LogP contribution is -2.19. The molecular weight excluding hydrogens is 428 g/mol. The second-order valence-corrected chi connectivity index (χ2v) is 9.21. The van der Waals surface area contributed by atoms with Gasteiger partial charge in [0.15, 0.2) is 5.17 Å². The van der Waals surface area contributed by atoms with Gasteiger partial charge in [-0.05, 0) is 65.4 Å². The summed E-state index contributed by atoms with van der Waals surface area (Å²) in [5.74, 6) is 1.14. The Balaban J connectivity index is 1.66. The quantitative estimate of drug-likeness (QED) is 0.438. The summed E-state index contributed by atoms with van der Waals surface area (Å²) in [4.78, 5) is 17.8. The van der Waals surface area contributed by atoms with Crippen LogP contribution in [-0.4, -0.2) is 17.7 Å². The van der Waals surface area contributed by atoms with Crippen LogP contribution in [0.1, 0.15) is 25.0 Å². The van der Waals surface area contributed by atoms with Crippen molar-refractivity contribution >= 4 is 57.0 Å². The zero-order valence-corrected chi connectivity index (χ0v) is 19.2. The number of nitrogens with one attached hydrogen (secondary N) is 1. The van der Waals surface area contributed by atoms with Gasteiger partial charge in [0.2, 0.25) is 0 Å². The summed E-state index contributed by atoms with van der Waals surface area (Å²) < 4.78 is 6.00. The van der Waals surface area contributed by atoms with Gasteiger partial charge in [0.25, 0.3) is 5.91 Å². The fourth-order valence-electron chi connectivity index (χ4n) is 3.25. The van der Waals surface area contributed by atoms with Crippen molar-refractivity contribution in [2.24, 2.45) is 10.9 Å². The second-order valence-electron chi connectivity index (χ2n) is 7.77. The zero-order chi connectivity index (χ0) is 22.0. The van der Waals surface area contributed by atoms with Gasteiger partial charge in [0.05, 0.1) is 17.2 Å². The number of ether oxygens (including phenoxy) is 1. The Morgan fingerprint density at radius 1 is 1.10 bits per heavy atom. The van der Waals surface area contributed by atoms with E-state index in [1.807, 2.05) is 67.6 Å².